The van der Waals surface area contributed by atoms with Crippen molar-refractivity contribution in [3.05, 3.63) is 179 Å². The van der Waals surface area contributed by atoms with E-state index in [-0.39, 0.29) is 49.7 Å². The monoisotopic (exact) mass is 1200 g/mol. The van der Waals surface area contributed by atoms with Gasteiger partial charge in [0.1, 0.15) is 23.1 Å². The average molecular weight is 1200 g/mol. The number of ether oxygens (including phenoxy) is 4. The second-order valence-electron chi connectivity index (χ2n) is 18.0. The minimum absolute atomic E-state index is 0.130. The van der Waals surface area contributed by atoms with Crippen molar-refractivity contribution in [3.8, 4) is 17.2 Å². The first-order valence-corrected chi connectivity index (χ1v) is 25.4. The van der Waals surface area contributed by atoms with E-state index in [0.29, 0.717) is 62.8 Å². The van der Waals surface area contributed by atoms with Crippen LogP contribution in [0, 0.1) is 17.5 Å². The molecule has 6 aromatic rings. The summed E-state index contributed by atoms with van der Waals surface area (Å²) in [7, 11) is 3.28. The average Bonchev–Trinajstić information content (AvgIpc) is 3.34. The molecule has 0 radical (unpaired) electrons. The van der Waals surface area contributed by atoms with E-state index in [2.05, 4.69) is 37.2 Å². The molecule has 4 amide bonds. The van der Waals surface area contributed by atoms with E-state index in [1.807, 2.05) is 39.0 Å². The van der Waals surface area contributed by atoms with Gasteiger partial charge in [0.25, 0.3) is 17.7 Å². The van der Waals surface area contributed by atoms with Gasteiger partial charge in [-0.25, -0.2) is 18.0 Å². The lowest BCUT2D eigenvalue weighted by Crippen LogP contribution is -2.40. The van der Waals surface area contributed by atoms with Crippen LogP contribution >= 0.6 is 66.7 Å². The molecule has 10 rings (SSSR count). The van der Waals surface area contributed by atoms with Crippen molar-refractivity contribution in [3.63, 3.8) is 0 Å². The lowest BCUT2D eigenvalue weighted by molar-refractivity contribution is -0.127. The number of anilines is 3. The van der Waals surface area contributed by atoms with Crippen molar-refractivity contribution in [2.45, 2.75) is 51.1 Å². The van der Waals surface area contributed by atoms with Crippen LogP contribution in [0.3, 0.4) is 0 Å². The zero-order valence-electron chi connectivity index (χ0n) is 40.0. The van der Waals surface area contributed by atoms with Gasteiger partial charge in [0.2, 0.25) is 18.3 Å². The number of amides is 4. The maximum Gasteiger partial charge on any atom is 0.410 e. The van der Waals surface area contributed by atoms with E-state index in [1.165, 1.54) is 58.3 Å². The highest BCUT2D eigenvalue weighted by atomic mass is 79.9. The Hall–Kier alpha value is -6.24. The molecule has 0 saturated heterocycles. The van der Waals surface area contributed by atoms with Gasteiger partial charge in [-0.3, -0.25) is 14.4 Å². The number of nitrogens with one attached hydrogen (secondary N) is 1. The number of carbonyl (C=O) groups excluding carboxylic acids is 4. The van der Waals surface area contributed by atoms with Gasteiger partial charge < -0.3 is 39.0 Å². The van der Waals surface area contributed by atoms with Crippen LogP contribution in [0.25, 0.3) is 5.57 Å². The maximum absolute atomic E-state index is 14.6. The number of fused-ring (bicyclic) bond motifs is 3. The summed E-state index contributed by atoms with van der Waals surface area (Å²) in [5.41, 5.74) is 3.49. The molecule has 3 atom stereocenters. The maximum atomic E-state index is 14.6. The molecule has 0 spiro atoms. The van der Waals surface area contributed by atoms with Crippen LogP contribution in [0.5, 0.6) is 17.2 Å². The van der Waals surface area contributed by atoms with Gasteiger partial charge in [-0.05, 0) is 131 Å². The first kappa shape index (κ1) is 54.0. The van der Waals surface area contributed by atoms with Crippen LogP contribution in [0.2, 0.25) is 15.1 Å². The van der Waals surface area contributed by atoms with E-state index < -0.39 is 47.3 Å². The van der Waals surface area contributed by atoms with Crippen LogP contribution in [0.4, 0.5) is 35.0 Å². The van der Waals surface area contributed by atoms with E-state index in [1.54, 1.807) is 61.5 Å². The molecule has 74 heavy (non-hydrogen) atoms. The molecule has 1 N–H and O–H groups in total. The molecule has 4 aliphatic rings. The molecule has 0 aliphatic carbocycles. The lowest BCUT2D eigenvalue weighted by Gasteiger charge is -2.35. The first-order chi connectivity index (χ1) is 35.1. The Bertz CT molecular complexity index is 3250. The molecule has 4 aliphatic heterocycles. The number of hydrogen-bond donors (Lipinski definition) is 1. The third kappa shape index (κ3) is 11.7. The summed E-state index contributed by atoms with van der Waals surface area (Å²) in [6.45, 7) is 6.40. The predicted octanol–water partition coefficient (Wildman–Crippen LogP) is 14.3. The van der Waals surface area contributed by atoms with Gasteiger partial charge in [-0.2, -0.15) is 0 Å². The molecule has 0 aromatic heterocycles. The molecule has 384 valence electrons. The Morgan fingerprint density at radius 2 is 1.11 bits per heavy atom. The fourth-order valence-corrected chi connectivity index (χ4v) is 9.60. The topological polar surface area (TPSA) is 127 Å². The van der Waals surface area contributed by atoms with Crippen molar-refractivity contribution in [1.82, 2.24) is 4.90 Å². The van der Waals surface area contributed by atoms with Crippen LogP contribution in [0.1, 0.15) is 67.8 Å². The number of rotatable bonds is 4. The van der Waals surface area contributed by atoms with Gasteiger partial charge >= 0.3 is 6.09 Å². The second-order valence-corrected chi connectivity index (χ2v) is 21.1. The fourth-order valence-electron chi connectivity index (χ4n) is 8.21. The second kappa shape index (κ2) is 22.3. The summed E-state index contributed by atoms with van der Waals surface area (Å²) < 4.78 is 67.0. The van der Waals surface area contributed by atoms with E-state index in [9.17, 15) is 32.3 Å². The van der Waals surface area contributed by atoms with Gasteiger partial charge in [0.05, 0.1) is 26.0 Å². The highest BCUT2D eigenvalue weighted by molar-refractivity contribution is 9.11. The molecule has 0 fully saturated rings. The van der Waals surface area contributed by atoms with Crippen LogP contribution in [-0.4, -0.2) is 61.5 Å². The van der Waals surface area contributed by atoms with E-state index in [0.717, 1.165) is 17.2 Å². The Morgan fingerprint density at radius 3 is 1.61 bits per heavy atom. The number of nitrogens with zero attached hydrogens (tertiary/aromatic N) is 3. The summed E-state index contributed by atoms with van der Waals surface area (Å²) in [6, 6.07) is 28.7. The van der Waals surface area contributed by atoms with E-state index in [4.69, 9.17) is 53.8 Å². The summed E-state index contributed by atoms with van der Waals surface area (Å²) in [5.74, 6) is -1.35. The summed E-state index contributed by atoms with van der Waals surface area (Å²) in [6.07, 6.45) is -0.995. The third-order valence-electron chi connectivity index (χ3n) is 11.9. The largest absolute Gasteiger partial charge is 0.473 e. The Balaban J connectivity index is 0.000000155. The Morgan fingerprint density at radius 1 is 0.649 bits per heavy atom. The first-order valence-electron chi connectivity index (χ1n) is 22.7. The number of likely N-dealkylation sites (N-methyl/N-ethyl adjacent to an activating group) is 2. The number of carbonyl (C=O) groups is 4. The quantitative estimate of drug-likeness (QED) is 0.185. The molecular weight excluding hydrogens is 1160 g/mol. The predicted molar refractivity (Wildman–Crippen MR) is 285 cm³/mol. The number of halogens is 8. The van der Waals surface area contributed by atoms with Crippen LogP contribution < -0.4 is 29.3 Å². The van der Waals surface area contributed by atoms with Crippen LogP contribution in [0.15, 0.2) is 124 Å². The highest BCUT2D eigenvalue weighted by Gasteiger charge is 2.39. The van der Waals surface area contributed by atoms with Gasteiger partial charge in [-0.1, -0.05) is 83.3 Å². The molecule has 6 aromatic carbocycles. The summed E-state index contributed by atoms with van der Waals surface area (Å²) in [4.78, 5) is 54.4. The van der Waals surface area contributed by atoms with Gasteiger partial charge in [0, 0.05) is 64.5 Å². The van der Waals surface area contributed by atoms with Gasteiger partial charge in [-0.15, -0.1) is 0 Å². The Labute approximate surface area is 456 Å². The standard InChI is InChI=1S/C25H26ClFN2O4.C15H10BrClFNO2.C14H8BrClFNO2/c1-25(2,3)33-24(31)29-12-10-15(11-13-29)17-6-5-7-20-21(17)32-22(23(30)28(20)4)18-9-8-16(26)14-19(18)27;1-19-12-4-2-3-10(16)14(12)21-13(15(19)20)9-6-5-8(17)7-11(9)18;15-9-2-1-3-11-13(9)20-12(14(19)18-11)8-5-4-7(16)6-10(8)17/h5-10,14,22H,11-13H2,1-4H3;2-7,13H,1H3;1-6,12H,(H,18,19). The zero-order valence-corrected chi connectivity index (χ0v) is 45.4. The van der Waals surface area contributed by atoms with Crippen molar-refractivity contribution >= 4 is 113 Å². The Kier molecular flexibility index (Phi) is 16.3. The molecule has 0 saturated carbocycles. The van der Waals surface area contributed by atoms with Crippen molar-refractivity contribution < 1.29 is 51.3 Å². The lowest BCUT2D eigenvalue weighted by atomic mass is 9.96. The van der Waals surface area contributed by atoms with Crippen molar-refractivity contribution in [1.29, 1.82) is 0 Å². The zero-order chi connectivity index (χ0) is 53.3. The molecule has 0 bridgehead atoms. The molecule has 4 heterocycles. The molecule has 20 heteroatoms. The smallest absolute Gasteiger partial charge is 0.410 e. The normalized spacial score (nSPS) is 17.8. The number of para-hydroxylation sites is 3. The van der Waals surface area contributed by atoms with Crippen molar-refractivity contribution in [2.75, 3.05) is 42.3 Å². The highest BCUT2D eigenvalue weighted by Crippen LogP contribution is 2.46. The van der Waals surface area contributed by atoms with E-state index >= 15 is 0 Å². The van der Waals surface area contributed by atoms with Crippen LogP contribution in [-0.2, 0) is 19.1 Å². The third-order valence-corrected chi connectivity index (χ3v) is 13.8. The minimum Gasteiger partial charge on any atom is -0.473 e. The summed E-state index contributed by atoms with van der Waals surface area (Å²) >= 11 is 24.1. The minimum atomic E-state index is -1.12. The molecule has 12 nitrogen and oxygen atoms in total. The SMILES string of the molecule is CN1C(=O)C(c2ccc(Cl)cc2F)Oc2c(Br)cccc21.CN1C(=O)C(c2ccc(Cl)cc2F)Oc2c(C3=CCN(C(=O)OC(C)(C)C)CC3)cccc21.O=C1Nc2cccc(Br)c2OC1c1ccc(Cl)cc1F. The molecule has 3 unspecified atom stereocenters. The fraction of sp³-hybridized carbons (Fsp3) is 0.222. The number of hydrogen-bond acceptors (Lipinski definition) is 8. The number of benzene rings is 6. The van der Waals surface area contributed by atoms with Crippen molar-refractivity contribution in [2.24, 2.45) is 0 Å². The van der Waals surface area contributed by atoms with Gasteiger partial charge in [0.15, 0.2) is 17.2 Å². The summed E-state index contributed by atoms with van der Waals surface area (Å²) in [5, 5.41) is 3.48. The molecular formula is C54H44Br2Cl3F3N4O8.